The first-order chi connectivity index (χ1) is 11.9. The van der Waals surface area contributed by atoms with Crippen molar-refractivity contribution in [3.63, 3.8) is 0 Å². The highest BCUT2D eigenvalue weighted by Gasteiger charge is 2.27. The van der Waals surface area contributed by atoms with Crippen LogP contribution in [0.4, 0.5) is 10.1 Å². The summed E-state index contributed by atoms with van der Waals surface area (Å²) in [6, 6.07) is 11.1. The highest BCUT2D eigenvalue weighted by Crippen LogP contribution is 2.14. The first-order valence-electron chi connectivity index (χ1n) is 7.57. The third kappa shape index (κ3) is 5.29. The van der Waals surface area contributed by atoms with E-state index < -0.39 is 18.1 Å². The maximum absolute atomic E-state index is 13.0. The highest BCUT2D eigenvalue weighted by molar-refractivity contribution is 9.10. The van der Waals surface area contributed by atoms with E-state index >= 15 is 0 Å². The van der Waals surface area contributed by atoms with Gasteiger partial charge in [-0.1, -0.05) is 15.9 Å². The maximum atomic E-state index is 13.0. The van der Waals surface area contributed by atoms with E-state index in [1.165, 1.54) is 31.4 Å². The fourth-order valence-electron chi connectivity index (χ4n) is 2.22. The molecule has 0 saturated carbocycles. The summed E-state index contributed by atoms with van der Waals surface area (Å²) in [5.41, 5.74) is 1.02. The Balaban J connectivity index is 2.10. The Bertz CT molecular complexity index is 735. The molecule has 0 radical (unpaired) electrons. The highest BCUT2D eigenvalue weighted by atomic mass is 79.9. The molecule has 0 aliphatic carbocycles. The largest absolute Gasteiger partial charge is 0.467 e. The van der Waals surface area contributed by atoms with Gasteiger partial charge in [0.25, 0.3) is 5.91 Å². The number of ether oxygens (including phenoxy) is 1. The standard InChI is InChI=1S/C18H18BrFN2O3/c1-11(21-17(23)12-3-5-13(19)6-4-12)16(18(24)25-2)22-15-9-7-14(20)8-10-15/h3-11,16,22H,1-2H3,(H,21,23)/t11-,16+/m0/s1. The lowest BCUT2D eigenvalue weighted by Gasteiger charge is -2.25. The number of hydrogen-bond acceptors (Lipinski definition) is 4. The molecule has 0 saturated heterocycles. The van der Waals surface area contributed by atoms with Gasteiger partial charge in [-0.05, 0) is 55.5 Å². The average molecular weight is 409 g/mol. The van der Waals surface area contributed by atoms with Crippen molar-refractivity contribution in [2.75, 3.05) is 12.4 Å². The van der Waals surface area contributed by atoms with Gasteiger partial charge < -0.3 is 15.4 Å². The summed E-state index contributed by atoms with van der Waals surface area (Å²) in [5.74, 6) is -1.22. The second-order valence-electron chi connectivity index (χ2n) is 5.42. The van der Waals surface area contributed by atoms with Crippen LogP contribution < -0.4 is 10.6 Å². The molecule has 0 aliphatic rings. The van der Waals surface area contributed by atoms with Crippen LogP contribution in [0.3, 0.4) is 0 Å². The lowest BCUT2D eigenvalue weighted by Crippen LogP contribution is -2.49. The summed E-state index contributed by atoms with van der Waals surface area (Å²) in [5, 5.41) is 5.73. The lowest BCUT2D eigenvalue weighted by atomic mass is 10.1. The van der Waals surface area contributed by atoms with Crippen molar-refractivity contribution in [3.8, 4) is 0 Å². The molecule has 0 aliphatic heterocycles. The van der Waals surface area contributed by atoms with Gasteiger partial charge in [0.2, 0.25) is 0 Å². The Morgan fingerprint density at radius 1 is 1.08 bits per heavy atom. The minimum absolute atomic E-state index is 0.310. The molecule has 0 aromatic heterocycles. The molecule has 2 N–H and O–H groups in total. The first kappa shape index (κ1) is 18.9. The van der Waals surface area contributed by atoms with Crippen molar-refractivity contribution in [1.82, 2.24) is 5.32 Å². The molecule has 2 aromatic rings. The van der Waals surface area contributed by atoms with E-state index in [9.17, 15) is 14.0 Å². The fourth-order valence-corrected chi connectivity index (χ4v) is 2.48. The predicted molar refractivity (Wildman–Crippen MR) is 96.9 cm³/mol. The number of carbonyl (C=O) groups excluding carboxylic acids is 2. The molecule has 2 rings (SSSR count). The number of amides is 1. The molecular formula is C18H18BrFN2O3. The number of methoxy groups -OCH3 is 1. The van der Waals surface area contributed by atoms with Crippen LogP contribution in [0.1, 0.15) is 17.3 Å². The van der Waals surface area contributed by atoms with Crippen molar-refractivity contribution in [3.05, 3.63) is 64.4 Å². The van der Waals surface area contributed by atoms with Crippen molar-refractivity contribution in [2.24, 2.45) is 0 Å². The van der Waals surface area contributed by atoms with Crippen molar-refractivity contribution in [1.29, 1.82) is 0 Å². The van der Waals surface area contributed by atoms with Crippen LogP contribution in [-0.4, -0.2) is 31.1 Å². The zero-order chi connectivity index (χ0) is 18.4. The Morgan fingerprint density at radius 2 is 1.68 bits per heavy atom. The van der Waals surface area contributed by atoms with E-state index in [1.54, 1.807) is 31.2 Å². The smallest absolute Gasteiger partial charge is 0.330 e. The Morgan fingerprint density at radius 3 is 2.24 bits per heavy atom. The molecule has 0 heterocycles. The number of carbonyl (C=O) groups is 2. The molecular weight excluding hydrogens is 391 g/mol. The van der Waals surface area contributed by atoms with Crippen LogP contribution in [0, 0.1) is 5.82 Å². The summed E-state index contributed by atoms with van der Waals surface area (Å²) in [6.07, 6.45) is 0. The molecule has 0 bridgehead atoms. The molecule has 7 heteroatoms. The summed E-state index contributed by atoms with van der Waals surface area (Å²) < 4.78 is 18.7. The summed E-state index contributed by atoms with van der Waals surface area (Å²) >= 11 is 3.31. The molecule has 0 spiro atoms. The quantitative estimate of drug-likeness (QED) is 0.719. The fraction of sp³-hybridized carbons (Fsp3) is 0.222. The second kappa shape index (κ2) is 8.62. The SMILES string of the molecule is COC(=O)[C@H](Nc1ccc(F)cc1)[C@H](C)NC(=O)c1ccc(Br)cc1. The van der Waals surface area contributed by atoms with E-state index in [0.29, 0.717) is 11.3 Å². The van der Waals surface area contributed by atoms with E-state index in [4.69, 9.17) is 4.74 Å². The summed E-state index contributed by atoms with van der Waals surface area (Å²) in [7, 11) is 1.27. The van der Waals surface area contributed by atoms with Gasteiger partial charge in [0.15, 0.2) is 0 Å². The van der Waals surface area contributed by atoms with Gasteiger partial charge in [-0.25, -0.2) is 9.18 Å². The van der Waals surface area contributed by atoms with Crippen molar-refractivity contribution >= 4 is 33.5 Å². The second-order valence-corrected chi connectivity index (χ2v) is 6.34. The molecule has 5 nitrogen and oxygen atoms in total. The predicted octanol–water partition coefficient (Wildman–Crippen LogP) is 3.36. The van der Waals surface area contributed by atoms with Gasteiger partial charge in [0.1, 0.15) is 11.9 Å². The topological polar surface area (TPSA) is 67.4 Å². The van der Waals surface area contributed by atoms with Crippen molar-refractivity contribution in [2.45, 2.75) is 19.0 Å². The number of hydrogen-bond donors (Lipinski definition) is 2. The Hall–Kier alpha value is -2.41. The minimum atomic E-state index is -0.824. The molecule has 25 heavy (non-hydrogen) atoms. The van der Waals surface area contributed by atoms with E-state index in [1.807, 2.05) is 0 Å². The average Bonchev–Trinajstić information content (AvgIpc) is 2.61. The molecule has 1 amide bonds. The lowest BCUT2D eigenvalue weighted by molar-refractivity contribution is -0.142. The number of esters is 1. The summed E-state index contributed by atoms with van der Waals surface area (Å²) in [6.45, 7) is 1.69. The Kier molecular flexibility index (Phi) is 6.52. The van der Waals surface area contributed by atoms with Crippen LogP contribution in [-0.2, 0) is 9.53 Å². The van der Waals surface area contributed by atoms with Crippen molar-refractivity contribution < 1.29 is 18.7 Å². The summed E-state index contributed by atoms with van der Waals surface area (Å²) in [4.78, 5) is 24.4. The first-order valence-corrected chi connectivity index (χ1v) is 8.36. The number of halogens is 2. The van der Waals surface area contributed by atoms with Crippen LogP contribution in [0.2, 0.25) is 0 Å². The third-order valence-corrected chi connectivity index (χ3v) is 4.12. The van der Waals surface area contributed by atoms with Gasteiger partial charge in [0.05, 0.1) is 13.2 Å². The minimum Gasteiger partial charge on any atom is -0.467 e. The van der Waals surface area contributed by atoms with Crippen LogP contribution >= 0.6 is 15.9 Å². The molecule has 0 fully saturated rings. The zero-order valence-corrected chi connectivity index (χ0v) is 15.3. The van der Waals surface area contributed by atoms with E-state index in [-0.39, 0.29) is 11.7 Å². The zero-order valence-electron chi connectivity index (χ0n) is 13.8. The molecule has 2 aromatic carbocycles. The van der Waals surface area contributed by atoms with Crippen LogP contribution in [0.15, 0.2) is 53.0 Å². The molecule has 132 valence electrons. The van der Waals surface area contributed by atoms with Gasteiger partial charge in [-0.15, -0.1) is 0 Å². The molecule has 2 atom stereocenters. The monoisotopic (exact) mass is 408 g/mol. The van der Waals surface area contributed by atoms with Crippen LogP contribution in [0.5, 0.6) is 0 Å². The molecule has 0 unspecified atom stereocenters. The van der Waals surface area contributed by atoms with Gasteiger partial charge in [-0.2, -0.15) is 0 Å². The maximum Gasteiger partial charge on any atom is 0.330 e. The Labute approximate surface area is 153 Å². The number of nitrogens with one attached hydrogen (secondary N) is 2. The van der Waals surface area contributed by atoms with E-state index in [2.05, 4.69) is 26.6 Å². The third-order valence-electron chi connectivity index (χ3n) is 3.59. The number of benzene rings is 2. The van der Waals surface area contributed by atoms with E-state index in [0.717, 1.165) is 4.47 Å². The van der Waals surface area contributed by atoms with Gasteiger partial charge >= 0.3 is 5.97 Å². The number of anilines is 1. The van der Waals surface area contributed by atoms with Crippen LogP contribution in [0.25, 0.3) is 0 Å². The van der Waals surface area contributed by atoms with Gasteiger partial charge in [-0.3, -0.25) is 4.79 Å². The van der Waals surface area contributed by atoms with Gasteiger partial charge in [0, 0.05) is 15.7 Å². The number of rotatable bonds is 6. The normalized spacial score (nSPS) is 12.8.